The molecule has 1 atom stereocenters. The van der Waals surface area contributed by atoms with Gasteiger partial charge in [0.15, 0.2) is 0 Å². The van der Waals surface area contributed by atoms with Gasteiger partial charge in [0.1, 0.15) is 0 Å². The summed E-state index contributed by atoms with van der Waals surface area (Å²) in [6.45, 7) is 3.84. The number of thioether (sulfide) groups is 1. The van der Waals surface area contributed by atoms with Gasteiger partial charge in [-0.1, -0.05) is 37.6 Å². The maximum absolute atomic E-state index is 11.7. The highest BCUT2D eigenvalue weighted by Crippen LogP contribution is 2.15. The molecule has 0 bridgehead atoms. The first kappa shape index (κ1) is 17.9. The summed E-state index contributed by atoms with van der Waals surface area (Å²) in [4.78, 5) is 22.7. The van der Waals surface area contributed by atoms with Crippen LogP contribution >= 0.6 is 23.4 Å². The third-order valence-corrected chi connectivity index (χ3v) is 4.31. The Bertz CT molecular complexity index is 476. The number of rotatable bonds is 8. The van der Waals surface area contributed by atoms with Gasteiger partial charge >= 0.3 is 5.97 Å². The summed E-state index contributed by atoms with van der Waals surface area (Å²) in [6.07, 6.45) is 0. The van der Waals surface area contributed by atoms with Crippen molar-refractivity contribution >= 4 is 35.2 Å². The molecule has 6 heteroatoms. The molecule has 1 rings (SSSR count). The SMILES string of the molecule is CC(C)C(CNC(=O)CSCc1ccc(Cl)cc1)C(=O)O. The van der Waals surface area contributed by atoms with Gasteiger partial charge < -0.3 is 10.4 Å². The molecule has 0 spiro atoms. The zero-order valence-electron chi connectivity index (χ0n) is 12.1. The van der Waals surface area contributed by atoms with Crippen LogP contribution in [-0.4, -0.2) is 29.3 Å². The van der Waals surface area contributed by atoms with Crippen molar-refractivity contribution in [2.75, 3.05) is 12.3 Å². The summed E-state index contributed by atoms with van der Waals surface area (Å²) in [5.74, 6) is -0.538. The van der Waals surface area contributed by atoms with E-state index in [2.05, 4.69) is 5.32 Å². The Morgan fingerprint density at radius 3 is 2.43 bits per heavy atom. The zero-order chi connectivity index (χ0) is 15.8. The van der Waals surface area contributed by atoms with Crippen molar-refractivity contribution in [2.45, 2.75) is 19.6 Å². The molecule has 21 heavy (non-hydrogen) atoms. The first-order valence-corrected chi connectivity index (χ1v) is 8.25. The number of aliphatic carboxylic acids is 1. The third kappa shape index (κ3) is 6.87. The normalized spacial score (nSPS) is 12.2. The summed E-state index contributed by atoms with van der Waals surface area (Å²) in [6, 6.07) is 7.48. The third-order valence-electron chi connectivity index (χ3n) is 3.06. The fourth-order valence-corrected chi connectivity index (χ4v) is 2.67. The Morgan fingerprint density at radius 1 is 1.29 bits per heavy atom. The molecule has 1 unspecified atom stereocenters. The zero-order valence-corrected chi connectivity index (χ0v) is 13.7. The number of benzene rings is 1. The van der Waals surface area contributed by atoms with Crippen LogP contribution in [0.3, 0.4) is 0 Å². The summed E-state index contributed by atoms with van der Waals surface area (Å²) in [5.41, 5.74) is 1.10. The average molecular weight is 330 g/mol. The van der Waals surface area contributed by atoms with Gasteiger partial charge in [0, 0.05) is 17.3 Å². The second-order valence-electron chi connectivity index (χ2n) is 5.11. The topological polar surface area (TPSA) is 66.4 Å². The van der Waals surface area contributed by atoms with Gasteiger partial charge in [-0.05, 0) is 23.6 Å². The molecule has 0 saturated carbocycles. The largest absolute Gasteiger partial charge is 0.481 e. The first-order chi connectivity index (χ1) is 9.90. The van der Waals surface area contributed by atoms with Crippen LogP contribution in [0.2, 0.25) is 5.02 Å². The van der Waals surface area contributed by atoms with E-state index in [4.69, 9.17) is 16.7 Å². The number of carboxylic acid groups (broad SMARTS) is 1. The van der Waals surface area contributed by atoms with Crippen molar-refractivity contribution in [2.24, 2.45) is 11.8 Å². The second kappa shape index (κ2) is 8.95. The lowest BCUT2D eigenvalue weighted by Crippen LogP contribution is -2.36. The molecule has 0 saturated heterocycles. The number of nitrogens with one attached hydrogen (secondary N) is 1. The number of halogens is 1. The minimum atomic E-state index is -0.876. The summed E-state index contributed by atoms with van der Waals surface area (Å²) in [7, 11) is 0. The molecule has 0 heterocycles. The minimum absolute atomic E-state index is 0.00970. The van der Waals surface area contributed by atoms with E-state index in [0.717, 1.165) is 11.3 Å². The van der Waals surface area contributed by atoms with E-state index in [0.29, 0.717) is 10.8 Å². The second-order valence-corrected chi connectivity index (χ2v) is 6.53. The van der Waals surface area contributed by atoms with Crippen LogP contribution in [0.5, 0.6) is 0 Å². The molecule has 116 valence electrons. The van der Waals surface area contributed by atoms with E-state index >= 15 is 0 Å². The van der Waals surface area contributed by atoms with Crippen LogP contribution in [-0.2, 0) is 15.3 Å². The van der Waals surface area contributed by atoms with Crippen molar-refractivity contribution in [1.29, 1.82) is 0 Å². The van der Waals surface area contributed by atoms with Crippen molar-refractivity contribution in [3.63, 3.8) is 0 Å². The predicted molar refractivity (Wildman–Crippen MR) is 86.6 cm³/mol. The van der Waals surface area contributed by atoms with E-state index in [9.17, 15) is 9.59 Å². The van der Waals surface area contributed by atoms with Crippen LogP contribution in [0.1, 0.15) is 19.4 Å². The van der Waals surface area contributed by atoms with Crippen molar-refractivity contribution in [3.8, 4) is 0 Å². The molecule has 0 aliphatic rings. The molecule has 0 fully saturated rings. The van der Waals surface area contributed by atoms with Gasteiger partial charge in [0.25, 0.3) is 0 Å². The summed E-state index contributed by atoms with van der Waals surface area (Å²) < 4.78 is 0. The Hall–Kier alpha value is -1.20. The molecule has 0 aliphatic carbocycles. The van der Waals surface area contributed by atoms with Gasteiger partial charge in [-0.25, -0.2) is 0 Å². The lowest BCUT2D eigenvalue weighted by molar-refractivity contribution is -0.143. The smallest absolute Gasteiger partial charge is 0.308 e. The predicted octanol–water partition coefficient (Wildman–Crippen LogP) is 3.05. The number of hydrogen-bond acceptors (Lipinski definition) is 3. The Kier molecular flexibility index (Phi) is 7.61. The van der Waals surface area contributed by atoms with Gasteiger partial charge in [-0.15, -0.1) is 11.8 Å². The number of amides is 1. The molecule has 1 aromatic rings. The number of carbonyl (C=O) groups excluding carboxylic acids is 1. The quantitative estimate of drug-likeness (QED) is 0.769. The van der Waals surface area contributed by atoms with Crippen molar-refractivity contribution in [1.82, 2.24) is 5.32 Å². The highest BCUT2D eigenvalue weighted by atomic mass is 35.5. The molecule has 0 aliphatic heterocycles. The highest BCUT2D eigenvalue weighted by molar-refractivity contribution is 7.99. The number of carboxylic acids is 1. The Labute approximate surface area is 134 Å². The molecule has 1 amide bonds. The molecule has 4 nitrogen and oxygen atoms in total. The maximum Gasteiger partial charge on any atom is 0.308 e. The minimum Gasteiger partial charge on any atom is -0.481 e. The van der Waals surface area contributed by atoms with Crippen LogP contribution in [0, 0.1) is 11.8 Å². The monoisotopic (exact) mass is 329 g/mol. The molecule has 1 aromatic carbocycles. The number of hydrogen-bond donors (Lipinski definition) is 2. The van der Waals surface area contributed by atoms with E-state index in [-0.39, 0.29) is 18.4 Å². The number of carbonyl (C=O) groups is 2. The van der Waals surface area contributed by atoms with Gasteiger partial charge in [-0.2, -0.15) is 0 Å². The lowest BCUT2D eigenvalue weighted by Gasteiger charge is -2.16. The highest BCUT2D eigenvalue weighted by Gasteiger charge is 2.21. The molecule has 0 aromatic heterocycles. The van der Waals surface area contributed by atoms with E-state index in [1.165, 1.54) is 11.8 Å². The molecular formula is C15H20ClNO3S. The first-order valence-electron chi connectivity index (χ1n) is 6.72. The van der Waals surface area contributed by atoms with Gasteiger partial charge in [0.2, 0.25) is 5.91 Å². The van der Waals surface area contributed by atoms with Crippen molar-refractivity contribution in [3.05, 3.63) is 34.9 Å². The van der Waals surface area contributed by atoms with Gasteiger partial charge in [-0.3, -0.25) is 9.59 Å². The average Bonchev–Trinajstić information content (AvgIpc) is 2.40. The fourth-order valence-electron chi connectivity index (χ4n) is 1.73. The van der Waals surface area contributed by atoms with Gasteiger partial charge in [0.05, 0.1) is 11.7 Å². The lowest BCUT2D eigenvalue weighted by atomic mass is 9.96. The molecule has 2 N–H and O–H groups in total. The van der Waals surface area contributed by atoms with E-state index in [1.807, 2.05) is 38.1 Å². The summed E-state index contributed by atoms with van der Waals surface area (Å²) >= 11 is 7.29. The van der Waals surface area contributed by atoms with Crippen LogP contribution in [0.15, 0.2) is 24.3 Å². The Balaban J connectivity index is 2.28. The van der Waals surface area contributed by atoms with Crippen LogP contribution in [0.25, 0.3) is 0 Å². The maximum atomic E-state index is 11.7. The Morgan fingerprint density at radius 2 is 1.90 bits per heavy atom. The van der Waals surface area contributed by atoms with Crippen LogP contribution < -0.4 is 5.32 Å². The van der Waals surface area contributed by atoms with Crippen molar-refractivity contribution < 1.29 is 14.7 Å². The molecule has 0 radical (unpaired) electrons. The molecular weight excluding hydrogens is 310 g/mol. The summed E-state index contributed by atoms with van der Waals surface area (Å²) in [5, 5.41) is 12.4. The van der Waals surface area contributed by atoms with Crippen LogP contribution in [0.4, 0.5) is 0 Å². The van der Waals surface area contributed by atoms with E-state index < -0.39 is 11.9 Å². The van der Waals surface area contributed by atoms with E-state index in [1.54, 1.807) is 0 Å². The standard InChI is InChI=1S/C15H20ClNO3S/c1-10(2)13(15(19)20)7-17-14(18)9-21-8-11-3-5-12(16)6-4-11/h3-6,10,13H,7-9H2,1-2H3,(H,17,18)(H,19,20). The fraction of sp³-hybridized carbons (Fsp3) is 0.467.